The normalized spacial score (nSPS) is 15.1. The van der Waals surface area contributed by atoms with E-state index < -0.39 is 0 Å². The van der Waals surface area contributed by atoms with Gasteiger partial charge < -0.3 is 10.0 Å². The predicted molar refractivity (Wildman–Crippen MR) is 63.4 cm³/mol. The Labute approximate surface area is 101 Å². The molecule has 1 aromatic rings. The molecule has 1 aromatic heterocycles. The van der Waals surface area contributed by atoms with Crippen molar-refractivity contribution in [3.8, 4) is 6.07 Å². The quantitative estimate of drug-likeness (QED) is 0.822. The van der Waals surface area contributed by atoms with E-state index in [0.29, 0.717) is 24.0 Å². The van der Waals surface area contributed by atoms with Crippen molar-refractivity contribution in [2.75, 3.05) is 18.1 Å². The first-order valence-electron chi connectivity index (χ1n) is 5.95. The maximum absolute atomic E-state index is 9.04. The number of aliphatic hydroxyl groups excluding tert-OH is 1. The van der Waals surface area contributed by atoms with Gasteiger partial charge in [0.2, 0.25) is 0 Å². The van der Waals surface area contributed by atoms with Crippen LogP contribution in [0.25, 0.3) is 0 Å². The van der Waals surface area contributed by atoms with Gasteiger partial charge in [0.25, 0.3) is 0 Å². The first kappa shape index (κ1) is 11.8. The minimum Gasteiger partial charge on any atom is -0.396 e. The number of rotatable bonds is 5. The molecule has 1 aliphatic carbocycles. The average Bonchev–Trinajstić information content (AvgIpc) is 2.32. The highest BCUT2D eigenvalue weighted by Crippen LogP contribution is 2.29. The van der Waals surface area contributed by atoms with Crippen LogP contribution in [0.1, 0.15) is 31.4 Å². The summed E-state index contributed by atoms with van der Waals surface area (Å²) in [6.45, 7) is 0.889. The second kappa shape index (κ2) is 5.60. The molecule has 0 aliphatic heterocycles. The average molecular weight is 232 g/mol. The molecule has 2 rings (SSSR count). The van der Waals surface area contributed by atoms with Crippen LogP contribution in [-0.4, -0.2) is 34.3 Å². The lowest BCUT2D eigenvalue weighted by molar-refractivity contribution is 0.282. The molecular formula is C12H16N4O. The van der Waals surface area contributed by atoms with Crippen LogP contribution in [0.5, 0.6) is 0 Å². The van der Waals surface area contributed by atoms with Gasteiger partial charge >= 0.3 is 0 Å². The number of hydrogen-bond acceptors (Lipinski definition) is 5. The highest BCUT2D eigenvalue weighted by atomic mass is 16.3. The molecule has 0 aromatic carbocycles. The molecule has 1 heterocycles. The van der Waals surface area contributed by atoms with Gasteiger partial charge in [-0.15, -0.1) is 0 Å². The molecule has 0 bridgehead atoms. The van der Waals surface area contributed by atoms with Crippen molar-refractivity contribution in [1.82, 2.24) is 9.97 Å². The third-order valence-electron chi connectivity index (χ3n) is 3.13. The molecule has 17 heavy (non-hydrogen) atoms. The number of anilines is 1. The molecule has 1 N–H and O–H groups in total. The third-order valence-corrected chi connectivity index (χ3v) is 3.13. The van der Waals surface area contributed by atoms with E-state index in [2.05, 4.69) is 20.9 Å². The van der Waals surface area contributed by atoms with Crippen LogP contribution < -0.4 is 4.90 Å². The van der Waals surface area contributed by atoms with E-state index in [1.165, 1.54) is 12.6 Å². The molecule has 1 saturated carbocycles. The predicted octanol–water partition coefficient (Wildman–Crippen LogP) is 1.09. The number of aromatic nitrogens is 2. The minimum absolute atomic E-state index is 0.158. The Balaban J connectivity index is 2.21. The molecule has 5 heteroatoms. The molecule has 0 amide bonds. The summed E-state index contributed by atoms with van der Waals surface area (Å²) in [6.07, 6.45) is 7.33. The Hall–Kier alpha value is -1.67. The number of hydrogen-bond donors (Lipinski definition) is 1. The van der Waals surface area contributed by atoms with Crippen molar-refractivity contribution in [2.24, 2.45) is 0 Å². The lowest BCUT2D eigenvalue weighted by Crippen LogP contribution is -2.42. The van der Waals surface area contributed by atoms with Gasteiger partial charge in [0.05, 0.1) is 0 Å². The first-order chi connectivity index (χ1) is 8.36. The lowest BCUT2D eigenvalue weighted by atomic mass is 9.91. The second-order valence-corrected chi connectivity index (χ2v) is 4.20. The van der Waals surface area contributed by atoms with E-state index in [9.17, 15) is 0 Å². The first-order valence-corrected chi connectivity index (χ1v) is 5.95. The number of nitriles is 1. The van der Waals surface area contributed by atoms with Gasteiger partial charge in [0.15, 0.2) is 11.5 Å². The lowest BCUT2D eigenvalue weighted by Gasteiger charge is -2.38. The zero-order valence-corrected chi connectivity index (χ0v) is 9.71. The molecule has 0 saturated heterocycles. The smallest absolute Gasteiger partial charge is 0.183 e. The summed E-state index contributed by atoms with van der Waals surface area (Å²) >= 11 is 0. The van der Waals surface area contributed by atoms with Crippen LogP contribution in [0.2, 0.25) is 0 Å². The van der Waals surface area contributed by atoms with Crippen LogP contribution in [0.3, 0.4) is 0 Å². The Bertz CT molecular complexity index is 411. The van der Waals surface area contributed by atoms with E-state index in [1.807, 2.05) is 0 Å². The van der Waals surface area contributed by atoms with Crippen molar-refractivity contribution >= 4 is 5.82 Å². The summed E-state index contributed by atoms with van der Waals surface area (Å²) in [4.78, 5) is 10.4. The van der Waals surface area contributed by atoms with Gasteiger partial charge in [-0.25, -0.2) is 9.97 Å². The number of aliphatic hydroxyl groups is 1. The van der Waals surface area contributed by atoms with Crippen LogP contribution >= 0.6 is 0 Å². The fourth-order valence-electron chi connectivity index (χ4n) is 2.02. The van der Waals surface area contributed by atoms with Crippen LogP contribution in [0, 0.1) is 11.3 Å². The fourth-order valence-corrected chi connectivity index (χ4v) is 2.02. The summed E-state index contributed by atoms with van der Waals surface area (Å²) in [5, 5.41) is 18.0. The van der Waals surface area contributed by atoms with Gasteiger partial charge in [-0.2, -0.15) is 5.26 Å². The molecular weight excluding hydrogens is 216 g/mol. The van der Waals surface area contributed by atoms with Crippen LogP contribution in [0.15, 0.2) is 12.4 Å². The summed E-state index contributed by atoms with van der Waals surface area (Å²) < 4.78 is 0. The monoisotopic (exact) mass is 232 g/mol. The van der Waals surface area contributed by atoms with Crippen molar-refractivity contribution < 1.29 is 5.11 Å². The maximum Gasteiger partial charge on any atom is 0.183 e. The summed E-state index contributed by atoms with van der Waals surface area (Å²) in [5.74, 6) is 0.660. The van der Waals surface area contributed by atoms with E-state index in [0.717, 1.165) is 19.4 Å². The summed E-state index contributed by atoms with van der Waals surface area (Å²) in [6, 6.07) is 2.53. The Morgan fingerprint density at radius 3 is 2.76 bits per heavy atom. The maximum atomic E-state index is 9.04. The van der Waals surface area contributed by atoms with Gasteiger partial charge in [-0.05, 0) is 25.7 Å². The molecule has 0 radical (unpaired) electrons. The molecule has 0 atom stereocenters. The topological polar surface area (TPSA) is 73.0 Å². The zero-order valence-electron chi connectivity index (χ0n) is 9.71. The standard InChI is InChI=1S/C12H16N4O/c13-9-11-12(15-6-5-14-11)16(7-2-8-17)10-3-1-4-10/h5-6,10,17H,1-4,7-8H2. The SMILES string of the molecule is N#Cc1nccnc1N(CCCO)C1CCC1. The Kier molecular flexibility index (Phi) is 3.89. The van der Waals surface area contributed by atoms with Crippen LogP contribution in [-0.2, 0) is 0 Å². The van der Waals surface area contributed by atoms with Gasteiger partial charge in [0.1, 0.15) is 6.07 Å². The van der Waals surface area contributed by atoms with Crippen molar-refractivity contribution in [3.05, 3.63) is 18.1 Å². The van der Waals surface area contributed by atoms with E-state index >= 15 is 0 Å². The molecule has 90 valence electrons. The van der Waals surface area contributed by atoms with Crippen LogP contribution in [0.4, 0.5) is 5.82 Å². The Morgan fingerprint density at radius 1 is 1.41 bits per heavy atom. The Morgan fingerprint density at radius 2 is 2.18 bits per heavy atom. The van der Waals surface area contributed by atoms with E-state index in [-0.39, 0.29) is 6.61 Å². The molecule has 0 unspecified atom stereocenters. The van der Waals surface area contributed by atoms with Crippen molar-refractivity contribution in [2.45, 2.75) is 31.7 Å². The van der Waals surface area contributed by atoms with Crippen molar-refractivity contribution in [1.29, 1.82) is 5.26 Å². The fraction of sp³-hybridized carbons (Fsp3) is 0.583. The molecule has 0 spiro atoms. The van der Waals surface area contributed by atoms with Gasteiger partial charge in [0, 0.05) is 31.6 Å². The van der Waals surface area contributed by atoms with E-state index in [4.69, 9.17) is 10.4 Å². The van der Waals surface area contributed by atoms with Gasteiger partial charge in [-0.1, -0.05) is 0 Å². The zero-order chi connectivity index (χ0) is 12.1. The highest BCUT2D eigenvalue weighted by Gasteiger charge is 2.27. The highest BCUT2D eigenvalue weighted by molar-refractivity contribution is 5.50. The van der Waals surface area contributed by atoms with Crippen molar-refractivity contribution in [3.63, 3.8) is 0 Å². The molecule has 5 nitrogen and oxygen atoms in total. The summed E-state index contributed by atoms with van der Waals surface area (Å²) in [5.41, 5.74) is 0.373. The van der Waals surface area contributed by atoms with E-state index in [1.54, 1.807) is 6.20 Å². The summed E-state index contributed by atoms with van der Waals surface area (Å²) in [7, 11) is 0. The molecule has 1 fully saturated rings. The second-order valence-electron chi connectivity index (χ2n) is 4.20. The minimum atomic E-state index is 0.158. The largest absolute Gasteiger partial charge is 0.396 e. The third kappa shape index (κ3) is 2.53. The molecule has 1 aliphatic rings. The van der Waals surface area contributed by atoms with Gasteiger partial charge in [-0.3, -0.25) is 0 Å². The number of nitrogens with zero attached hydrogens (tertiary/aromatic N) is 4.